The van der Waals surface area contributed by atoms with E-state index in [2.05, 4.69) is 11.6 Å². The second-order valence-corrected chi connectivity index (χ2v) is 10.1. The van der Waals surface area contributed by atoms with E-state index in [1.807, 2.05) is 23.9 Å². The number of halogens is 1. The highest BCUT2D eigenvalue weighted by molar-refractivity contribution is 7.89. The summed E-state index contributed by atoms with van der Waals surface area (Å²) in [6.45, 7) is 4.02. The van der Waals surface area contributed by atoms with Gasteiger partial charge < -0.3 is 19.6 Å². The summed E-state index contributed by atoms with van der Waals surface area (Å²) in [5.41, 5.74) is 0.163. The Kier molecular flexibility index (Phi) is 10.3. The van der Waals surface area contributed by atoms with Crippen molar-refractivity contribution in [1.29, 1.82) is 0 Å². The van der Waals surface area contributed by atoms with Crippen LogP contribution in [0.1, 0.15) is 43.0 Å². The minimum atomic E-state index is -4.10. The van der Waals surface area contributed by atoms with Crippen LogP contribution in [-0.2, 0) is 10.0 Å². The van der Waals surface area contributed by atoms with Crippen molar-refractivity contribution in [3.8, 4) is 11.5 Å². The van der Waals surface area contributed by atoms with Gasteiger partial charge in [-0.25, -0.2) is 22.3 Å². The summed E-state index contributed by atoms with van der Waals surface area (Å²) < 4.78 is 47.9. The van der Waals surface area contributed by atoms with Gasteiger partial charge in [0.15, 0.2) is 5.75 Å². The normalized spacial score (nSPS) is 11.6. The molecule has 2 aromatic carbocycles. The zero-order valence-corrected chi connectivity index (χ0v) is 21.0. The van der Waals surface area contributed by atoms with Gasteiger partial charge in [-0.1, -0.05) is 25.8 Å². The minimum Gasteiger partial charge on any atom is -0.478 e. The molecule has 10 heteroatoms. The molecule has 2 aromatic rings. The lowest BCUT2D eigenvalue weighted by Crippen LogP contribution is -2.30. The van der Waals surface area contributed by atoms with E-state index in [-0.39, 0.29) is 22.0 Å². The maximum atomic E-state index is 13.8. The number of hydrogen-bond donors (Lipinski definition) is 2. The smallest absolute Gasteiger partial charge is 0.335 e. The number of carbonyl (C=O) groups is 1. The average Bonchev–Trinajstić information content (AvgIpc) is 2.78. The van der Waals surface area contributed by atoms with Crippen LogP contribution < -0.4 is 14.4 Å². The van der Waals surface area contributed by atoms with Crippen molar-refractivity contribution in [2.75, 3.05) is 45.7 Å². The quantitative estimate of drug-likeness (QED) is 0.380. The number of rotatable bonds is 14. The number of sulfonamides is 1. The zero-order valence-electron chi connectivity index (χ0n) is 20.2. The molecule has 0 aliphatic rings. The molecule has 34 heavy (non-hydrogen) atoms. The highest BCUT2D eigenvalue weighted by atomic mass is 32.2. The Morgan fingerprint density at radius 3 is 2.38 bits per heavy atom. The lowest BCUT2D eigenvalue weighted by Gasteiger charge is -2.29. The summed E-state index contributed by atoms with van der Waals surface area (Å²) in [5, 5.41) is 9.70. The summed E-state index contributed by atoms with van der Waals surface area (Å²) >= 11 is 0. The number of unbranched alkanes of at least 4 members (excludes halogenated alkanes) is 2. The van der Waals surface area contributed by atoms with Crippen molar-refractivity contribution in [2.45, 2.75) is 37.5 Å². The van der Waals surface area contributed by atoms with Gasteiger partial charge in [-0.3, -0.25) is 0 Å². The molecule has 0 heterocycles. The third kappa shape index (κ3) is 7.68. The Morgan fingerprint density at radius 1 is 1.09 bits per heavy atom. The van der Waals surface area contributed by atoms with Crippen molar-refractivity contribution in [2.24, 2.45) is 0 Å². The number of ether oxygens (including phenoxy) is 1. The molecule has 0 radical (unpaired) electrons. The van der Waals surface area contributed by atoms with Crippen LogP contribution in [0.15, 0.2) is 41.3 Å². The molecule has 0 atom stereocenters. The van der Waals surface area contributed by atoms with Crippen molar-refractivity contribution >= 4 is 21.7 Å². The average molecular weight is 496 g/mol. The van der Waals surface area contributed by atoms with Gasteiger partial charge in [0.2, 0.25) is 10.0 Å². The third-order valence-electron chi connectivity index (χ3n) is 5.26. The Labute approximate surface area is 201 Å². The minimum absolute atomic E-state index is 0.0358. The lowest BCUT2D eigenvalue weighted by atomic mass is 10.1. The van der Waals surface area contributed by atoms with Crippen molar-refractivity contribution in [3.05, 3.63) is 47.8 Å². The molecular weight excluding hydrogens is 461 g/mol. The summed E-state index contributed by atoms with van der Waals surface area (Å²) in [6, 6.07) is 7.87. The maximum Gasteiger partial charge on any atom is 0.335 e. The van der Waals surface area contributed by atoms with E-state index in [9.17, 15) is 22.7 Å². The van der Waals surface area contributed by atoms with Crippen LogP contribution in [-0.4, -0.2) is 65.2 Å². The Balaban J connectivity index is 2.71. The first-order valence-electron chi connectivity index (χ1n) is 11.3. The molecule has 8 nitrogen and oxygen atoms in total. The predicted octanol–water partition coefficient (Wildman–Crippen LogP) is 4.17. The molecule has 2 rings (SSSR count). The first kappa shape index (κ1) is 27.6. The maximum absolute atomic E-state index is 13.8. The predicted molar refractivity (Wildman–Crippen MR) is 131 cm³/mol. The molecule has 0 aliphatic carbocycles. The molecule has 0 spiro atoms. The number of anilines is 1. The topological polar surface area (TPSA) is 99.2 Å². The number of nitrogens with one attached hydrogen (secondary N) is 1. The molecule has 0 bridgehead atoms. The largest absolute Gasteiger partial charge is 0.478 e. The van der Waals surface area contributed by atoms with E-state index in [4.69, 9.17) is 4.74 Å². The summed E-state index contributed by atoms with van der Waals surface area (Å²) in [5.74, 6) is -1.72. The van der Waals surface area contributed by atoms with Gasteiger partial charge >= 0.3 is 5.97 Å². The number of hydrogen-bond acceptors (Lipinski definition) is 6. The second-order valence-electron chi connectivity index (χ2n) is 8.25. The van der Waals surface area contributed by atoms with E-state index in [1.54, 1.807) is 0 Å². The van der Waals surface area contributed by atoms with Crippen molar-refractivity contribution in [3.63, 3.8) is 0 Å². The van der Waals surface area contributed by atoms with Crippen LogP contribution >= 0.6 is 0 Å². The molecule has 0 saturated carbocycles. The van der Waals surface area contributed by atoms with E-state index in [0.717, 1.165) is 44.4 Å². The SMILES string of the molecule is CCCCCN(CCCN(C)C)c1cc(C(=O)O)cc(S(=O)(=O)NC)c1Oc1cccc(F)c1. The van der Waals surface area contributed by atoms with Gasteiger partial charge in [0.05, 0.1) is 11.3 Å². The van der Waals surface area contributed by atoms with Gasteiger partial charge in [-0.05, 0) is 64.8 Å². The molecule has 0 aliphatic heterocycles. The highest BCUT2D eigenvalue weighted by Gasteiger charge is 2.27. The first-order chi connectivity index (χ1) is 16.1. The number of nitrogens with zero attached hydrogens (tertiary/aromatic N) is 2. The molecular formula is C24H34FN3O5S. The van der Waals surface area contributed by atoms with E-state index >= 15 is 0 Å². The van der Waals surface area contributed by atoms with Crippen LogP contribution in [0, 0.1) is 5.82 Å². The molecule has 0 aromatic heterocycles. The molecule has 2 N–H and O–H groups in total. The number of benzene rings is 2. The molecule has 0 amide bonds. The second kappa shape index (κ2) is 12.7. The van der Waals surface area contributed by atoms with Gasteiger partial charge in [0, 0.05) is 19.2 Å². The summed E-state index contributed by atoms with van der Waals surface area (Å²) in [7, 11) is 1.07. The van der Waals surface area contributed by atoms with Crippen LogP contribution in [0.25, 0.3) is 0 Å². The van der Waals surface area contributed by atoms with Gasteiger partial charge in [-0.2, -0.15) is 0 Å². The van der Waals surface area contributed by atoms with E-state index in [1.165, 1.54) is 31.3 Å². The Bertz CT molecular complexity index is 1080. The monoisotopic (exact) mass is 495 g/mol. The lowest BCUT2D eigenvalue weighted by molar-refractivity contribution is 0.0696. The summed E-state index contributed by atoms with van der Waals surface area (Å²) in [4.78, 5) is 15.6. The van der Waals surface area contributed by atoms with Crippen LogP contribution in [0.3, 0.4) is 0 Å². The standard InChI is InChI=1S/C24H34FN3O5S/c1-5-6-7-13-28(14-9-12-27(3)4)21-15-18(24(29)30)16-22(34(31,32)26-2)23(21)33-20-11-8-10-19(25)17-20/h8,10-11,15-17,26H,5-7,9,12-14H2,1-4H3,(H,29,30). The van der Waals surface area contributed by atoms with Crippen LogP contribution in [0.5, 0.6) is 11.5 Å². The Hall–Kier alpha value is -2.69. The van der Waals surface area contributed by atoms with Gasteiger partial charge in [-0.15, -0.1) is 0 Å². The van der Waals surface area contributed by atoms with Crippen molar-refractivity contribution in [1.82, 2.24) is 9.62 Å². The Morgan fingerprint density at radius 2 is 1.79 bits per heavy atom. The molecule has 188 valence electrons. The first-order valence-corrected chi connectivity index (χ1v) is 12.7. The fraction of sp³-hybridized carbons (Fsp3) is 0.458. The third-order valence-corrected chi connectivity index (χ3v) is 6.68. The number of carboxylic acids is 1. The zero-order chi connectivity index (χ0) is 25.3. The number of carboxylic acid groups (broad SMARTS) is 1. The highest BCUT2D eigenvalue weighted by Crippen LogP contribution is 2.40. The molecule has 0 unspecified atom stereocenters. The fourth-order valence-electron chi connectivity index (χ4n) is 3.49. The molecule has 0 fully saturated rings. The van der Waals surface area contributed by atoms with Gasteiger partial charge in [0.25, 0.3) is 0 Å². The molecule has 0 saturated heterocycles. The van der Waals surface area contributed by atoms with E-state index < -0.39 is 21.8 Å². The van der Waals surface area contributed by atoms with Crippen molar-refractivity contribution < 1.29 is 27.4 Å². The van der Waals surface area contributed by atoms with Crippen LogP contribution in [0.2, 0.25) is 0 Å². The van der Waals surface area contributed by atoms with Crippen LogP contribution in [0.4, 0.5) is 10.1 Å². The number of aromatic carboxylic acids is 1. The van der Waals surface area contributed by atoms with Gasteiger partial charge in [0.1, 0.15) is 16.5 Å². The summed E-state index contributed by atoms with van der Waals surface area (Å²) in [6.07, 6.45) is 3.56. The van der Waals surface area contributed by atoms with E-state index in [0.29, 0.717) is 18.8 Å². The fourth-order valence-corrected chi connectivity index (χ4v) is 4.38.